The Morgan fingerprint density at radius 2 is 1.76 bits per heavy atom. The van der Waals surface area contributed by atoms with Crippen LogP contribution in [0.4, 0.5) is 5.82 Å². The number of amides is 1. The van der Waals surface area contributed by atoms with Crippen LogP contribution >= 0.6 is 0 Å². The third kappa shape index (κ3) is 3.81. The molecule has 0 fully saturated rings. The van der Waals surface area contributed by atoms with Gasteiger partial charge in [0.15, 0.2) is 5.69 Å². The highest BCUT2D eigenvalue weighted by Crippen LogP contribution is 2.26. The molecule has 162 valence electrons. The molecule has 0 unspecified atom stereocenters. The lowest BCUT2D eigenvalue weighted by Gasteiger charge is -2.06. The molecular formula is C23H18N8O2. The van der Waals surface area contributed by atoms with E-state index in [1.807, 2.05) is 79.7 Å². The monoisotopic (exact) mass is 438 g/mol. The van der Waals surface area contributed by atoms with Gasteiger partial charge in [-0.15, -0.1) is 5.10 Å². The van der Waals surface area contributed by atoms with Crippen molar-refractivity contribution in [2.24, 2.45) is 5.10 Å². The number of nitrogen functional groups attached to an aromatic ring is 1. The second-order valence-corrected chi connectivity index (χ2v) is 7.24. The van der Waals surface area contributed by atoms with E-state index < -0.39 is 5.91 Å². The van der Waals surface area contributed by atoms with Gasteiger partial charge in [0.1, 0.15) is 5.69 Å². The van der Waals surface area contributed by atoms with Gasteiger partial charge in [-0.25, -0.2) is 10.1 Å². The molecule has 3 N–H and O–H groups in total. The highest BCUT2D eigenvalue weighted by atomic mass is 16.6. The van der Waals surface area contributed by atoms with E-state index in [9.17, 15) is 4.79 Å². The fourth-order valence-corrected chi connectivity index (χ4v) is 3.44. The average Bonchev–Trinajstić information content (AvgIpc) is 3.48. The van der Waals surface area contributed by atoms with Crippen molar-refractivity contribution in [2.75, 3.05) is 5.73 Å². The first-order valence-electron chi connectivity index (χ1n) is 10.0. The number of hydrazone groups is 1. The summed E-state index contributed by atoms with van der Waals surface area (Å²) in [7, 11) is 0. The first-order chi connectivity index (χ1) is 16.1. The molecule has 33 heavy (non-hydrogen) atoms. The molecule has 3 aromatic carbocycles. The summed E-state index contributed by atoms with van der Waals surface area (Å²) < 4.78 is 6.00. The zero-order valence-electron chi connectivity index (χ0n) is 17.5. The number of rotatable bonds is 5. The SMILES string of the molecule is CC(=NNC(=O)c1nnn(-c2nonc2N)c1-c1ccccc1)c1ccc2ccccc2c1. The molecule has 10 heteroatoms. The number of aromatic nitrogens is 5. The fourth-order valence-electron chi connectivity index (χ4n) is 3.44. The Morgan fingerprint density at radius 3 is 2.52 bits per heavy atom. The predicted octanol–water partition coefficient (Wildman–Crippen LogP) is 3.21. The number of hydrogen-bond acceptors (Lipinski definition) is 8. The van der Waals surface area contributed by atoms with Gasteiger partial charge in [-0.1, -0.05) is 71.9 Å². The molecule has 0 saturated carbocycles. The zero-order chi connectivity index (χ0) is 22.8. The van der Waals surface area contributed by atoms with Gasteiger partial charge in [-0.2, -0.15) is 9.78 Å². The van der Waals surface area contributed by atoms with Crippen molar-refractivity contribution in [3.05, 3.63) is 84.1 Å². The van der Waals surface area contributed by atoms with Crippen LogP contribution in [0, 0.1) is 0 Å². The van der Waals surface area contributed by atoms with Crippen LogP contribution in [0.1, 0.15) is 23.0 Å². The maximum absolute atomic E-state index is 13.0. The minimum Gasteiger partial charge on any atom is -0.378 e. The van der Waals surface area contributed by atoms with E-state index in [0.29, 0.717) is 17.0 Å². The summed E-state index contributed by atoms with van der Waals surface area (Å²) in [4.78, 5) is 13.0. The van der Waals surface area contributed by atoms with E-state index >= 15 is 0 Å². The normalized spacial score (nSPS) is 11.6. The molecule has 10 nitrogen and oxygen atoms in total. The summed E-state index contributed by atoms with van der Waals surface area (Å²) in [5, 5.41) is 21.9. The summed E-state index contributed by atoms with van der Waals surface area (Å²) in [5.41, 5.74) is 11.1. The van der Waals surface area contributed by atoms with Crippen LogP contribution in [0.3, 0.4) is 0 Å². The van der Waals surface area contributed by atoms with E-state index in [1.165, 1.54) is 4.68 Å². The number of fused-ring (bicyclic) bond motifs is 1. The molecule has 0 spiro atoms. The Labute approximate surface area is 187 Å². The minimum atomic E-state index is -0.532. The zero-order valence-corrected chi connectivity index (χ0v) is 17.5. The standard InChI is InChI=1S/C23H18N8O2/c1-14(17-12-11-15-7-5-6-10-18(15)13-17)25-27-23(32)19-20(16-8-3-2-4-9-16)31(30-26-19)22-21(24)28-33-29-22/h2-13H,1H3,(H2,24,28)(H,27,32). The van der Waals surface area contributed by atoms with Crippen LogP contribution in [0.15, 0.2) is 82.5 Å². The topological polar surface area (TPSA) is 137 Å². The van der Waals surface area contributed by atoms with E-state index in [0.717, 1.165) is 16.3 Å². The van der Waals surface area contributed by atoms with Gasteiger partial charge >= 0.3 is 0 Å². The van der Waals surface area contributed by atoms with Gasteiger partial charge in [-0.05, 0) is 39.6 Å². The van der Waals surface area contributed by atoms with Crippen molar-refractivity contribution in [3.8, 4) is 17.1 Å². The number of carbonyl (C=O) groups is 1. The van der Waals surface area contributed by atoms with Crippen molar-refractivity contribution in [3.63, 3.8) is 0 Å². The molecular weight excluding hydrogens is 420 g/mol. The molecule has 0 aliphatic heterocycles. The molecule has 0 radical (unpaired) electrons. The van der Waals surface area contributed by atoms with Crippen LogP contribution < -0.4 is 11.2 Å². The maximum Gasteiger partial charge on any atom is 0.294 e. The van der Waals surface area contributed by atoms with Crippen LogP contribution in [-0.2, 0) is 0 Å². The van der Waals surface area contributed by atoms with Gasteiger partial charge in [-0.3, -0.25) is 4.79 Å². The Kier molecular flexibility index (Phi) is 5.07. The second kappa shape index (κ2) is 8.35. The average molecular weight is 438 g/mol. The molecule has 0 aliphatic rings. The smallest absolute Gasteiger partial charge is 0.294 e. The summed E-state index contributed by atoms with van der Waals surface area (Å²) in [6.45, 7) is 1.82. The summed E-state index contributed by atoms with van der Waals surface area (Å²) in [5.74, 6) is -0.374. The molecule has 0 aliphatic carbocycles. The van der Waals surface area contributed by atoms with Gasteiger partial charge in [0.25, 0.3) is 5.91 Å². The highest BCUT2D eigenvalue weighted by Gasteiger charge is 2.25. The molecule has 0 bridgehead atoms. The molecule has 2 aromatic heterocycles. The number of nitrogens with two attached hydrogens (primary N) is 1. The Morgan fingerprint density at radius 1 is 1.00 bits per heavy atom. The van der Waals surface area contributed by atoms with Crippen LogP contribution in [0.2, 0.25) is 0 Å². The lowest BCUT2D eigenvalue weighted by atomic mass is 10.0. The molecule has 5 rings (SSSR count). The van der Waals surface area contributed by atoms with Crippen LogP contribution in [0.25, 0.3) is 27.8 Å². The van der Waals surface area contributed by atoms with Gasteiger partial charge < -0.3 is 5.73 Å². The molecule has 2 heterocycles. The number of benzene rings is 3. The summed E-state index contributed by atoms with van der Waals surface area (Å²) >= 11 is 0. The van der Waals surface area contributed by atoms with Gasteiger partial charge in [0.2, 0.25) is 11.6 Å². The highest BCUT2D eigenvalue weighted by molar-refractivity contribution is 6.04. The van der Waals surface area contributed by atoms with Crippen molar-refractivity contribution >= 4 is 28.2 Å². The number of anilines is 1. The van der Waals surface area contributed by atoms with Gasteiger partial charge in [0, 0.05) is 5.56 Å². The van der Waals surface area contributed by atoms with Crippen LogP contribution in [0.5, 0.6) is 0 Å². The van der Waals surface area contributed by atoms with Crippen molar-refractivity contribution in [1.82, 2.24) is 30.7 Å². The summed E-state index contributed by atoms with van der Waals surface area (Å²) in [6.07, 6.45) is 0. The minimum absolute atomic E-state index is 0.0224. The maximum atomic E-state index is 13.0. The predicted molar refractivity (Wildman–Crippen MR) is 123 cm³/mol. The number of hydrogen-bond donors (Lipinski definition) is 2. The first-order valence-corrected chi connectivity index (χ1v) is 10.0. The largest absolute Gasteiger partial charge is 0.378 e. The van der Waals surface area contributed by atoms with Crippen molar-refractivity contribution in [1.29, 1.82) is 0 Å². The van der Waals surface area contributed by atoms with E-state index in [1.54, 1.807) is 0 Å². The number of nitrogens with one attached hydrogen (secondary N) is 1. The third-order valence-corrected chi connectivity index (χ3v) is 5.12. The van der Waals surface area contributed by atoms with E-state index in [-0.39, 0.29) is 17.3 Å². The van der Waals surface area contributed by atoms with Crippen molar-refractivity contribution in [2.45, 2.75) is 6.92 Å². The van der Waals surface area contributed by atoms with E-state index in [2.05, 4.69) is 35.8 Å². The Balaban J connectivity index is 1.48. The first kappa shape index (κ1) is 20.1. The number of carbonyl (C=O) groups excluding carboxylic acids is 1. The lowest BCUT2D eigenvalue weighted by Crippen LogP contribution is -2.21. The quantitative estimate of drug-likeness (QED) is 0.317. The fraction of sp³-hybridized carbons (Fsp3) is 0.0435. The van der Waals surface area contributed by atoms with Gasteiger partial charge in [0.05, 0.1) is 5.71 Å². The van der Waals surface area contributed by atoms with E-state index in [4.69, 9.17) is 5.73 Å². The van der Waals surface area contributed by atoms with Crippen molar-refractivity contribution < 1.29 is 9.42 Å². The molecule has 1 amide bonds. The second-order valence-electron chi connectivity index (χ2n) is 7.24. The Bertz CT molecular complexity index is 1490. The van der Waals surface area contributed by atoms with Crippen LogP contribution in [-0.4, -0.2) is 36.9 Å². The third-order valence-electron chi connectivity index (χ3n) is 5.12. The molecule has 5 aromatic rings. The lowest BCUT2D eigenvalue weighted by molar-refractivity contribution is 0.0950. The number of nitrogens with zero attached hydrogens (tertiary/aromatic N) is 6. The molecule has 0 atom stereocenters. The summed E-state index contributed by atoms with van der Waals surface area (Å²) in [6, 6.07) is 23.2. The Hall–Kier alpha value is -4.86. The molecule has 0 saturated heterocycles.